The molecule has 0 aliphatic heterocycles. The van der Waals surface area contributed by atoms with Gasteiger partial charge in [-0.3, -0.25) is 0 Å². The summed E-state index contributed by atoms with van der Waals surface area (Å²) in [6, 6.07) is 8.47. The number of nitrogens with zero attached hydrogens (tertiary/aromatic N) is 1. The zero-order valence-electron chi connectivity index (χ0n) is 12.1. The summed E-state index contributed by atoms with van der Waals surface area (Å²) in [5, 5.41) is 8.08. The van der Waals surface area contributed by atoms with E-state index in [1.165, 1.54) is 30.5 Å². The van der Waals surface area contributed by atoms with E-state index in [2.05, 4.69) is 15.0 Å². The van der Waals surface area contributed by atoms with E-state index in [0.29, 0.717) is 0 Å². The third-order valence-corrected chi connectivity index (χ3v) is 3.98. The van der Waals surface area contributed by atoms with E-state index in [0.717, 1.165) is 5.56 Å². The van der Waals surface area contributed by atoms with Crippen molar-refractivity contribution in [2.24, 2.45) is 5.14 Å². The number of hydrogen-bond acceptors (Lipinski definition) is 5. The maximum atomic E-state index is 12.1. The highest BCUT2D eigenvalue weighted by Gasteiger charge is 2.17. The van der Waals surface area contributed by atoms with E-state index in [4.69, 9.17) is 5.14 Å². The molecule has 0 bridgehead atoms. The van der Waals surface area contributed by atoms with Crippen LogP contribution in [0, 0.1) is 0 Å². The molecule has 23 heavy (non-hydrogen) atoms. The molecule has 0 aliphatic rings. The van der Waals surface area contributed by atoms with Crippen LogP contribution in [0.5, 0.6) is 5.75 Å². The lowest BCUT2D eigenvalue weighted by atomic mass is 10.1. The molecule has 3 N–H and O–H groups in total. The molecular weight excluding hydrogens is 328 g/mol. The molecule has 2 rings (SSSR count). The minimum Gasteiger partial charge on any atom is -0.435 e. The second-order valence-corrected chi connectivity index (χ2v) is 6.24. The topological polar surface area (TPSA) is 94.3 Å². The molecule has 124 valence electrons. The summed E-state index contributed by atoms with van der Waals surface area (Å²) < 4.78 is 51.6. The van der Waals surface area contributed by atoms with Gasteiger partial charge in [-0.15, -0.1) is 0 Å². The summed E-state index contributed by atoms with van der Waals surface area (Å²) in [6.45, 7) is -1.12. The van der Waals surface area contributed by atoms with E-state index in [-0.39, 0.29) is 22.5 Å². The average Bonchev–Trinajstić information content (AvgIpc) is 2.46. The number of anilines is 1. The van der Waals surface area contributed by atoms with Crippen molar-refractivity contribution in [1.29, 1.82) is 0 Å². The molecule has 0 saturated heterocycles. The predicted octanol–water partition coefficient (Wildman–Crippen LogP) is 2.50. The van der Waals surface area contributed by atoms with Crippen molar-refractivity contribution < 1.29 is 21.9 Å². The van der Waals surface area contributed by atoms with Crippen molar-refractivity contribution in [3.63, 3.8) is 0 Å². The maximum absolute atomic E-state index is 12.1. The molecule has 1 heterocycles. The predicted molar refractivity (Wildman–Crippen MR) is 80.7 cm³/mol. The van der Waals surface area contributed by atoms with Gasteiger partial charge >= 0.3 is 6.61 Å². The highest BCUT2D eigenvalue weighted by atomic mass is 32.2. The first kappa shape index (κ1) is 17.1. The molecule has 0 fully saturated rings. The number of halogens is 2. The van der Waals surface area contributed by atoms with Crippen molar-refractivity contribution in [2.75, 3.05) is 5.32 Å². The quantitative estimate of drug-likeness (QED) is 0.840. The zero-order chi connectivity index (χ0) is 17.0. The number of pyridine rings is 1. The van der Waals surface area contributed by atoms with E-state index in [1.54, 1.807) is 19.1 Å². The fourth-order valence-electron chi connectivity index (χ4n) is 1.95. The number of ether oxygens (including phenoxy) is 1. The molecule has 0 radical (unpaired) electrons. The first-order valence-corrected chi connectivity index (χ1v) is 8.11. The molecule has 0 amide bonds. The SMILES string of the molecule is CC(Nc1ncccc1S(N)(=O)=O)c1ccc(OC(F)F)cc1. The van der Waals surface area contributed by atoms with Gasteiger partial charge in [0.25, 0.3) is 0 Å². The van der Waals surface area contributed by atoms with Gasteiger partial charge in [0.05, 0.1) is 0 Å². The van der Waals surface area contributed by atoms with E-state index in [9.17, 15) is 17.2 Å². The number of hydrogen-bond donors (Lipinski definition) is 2. The van der Waals surface area contributed by atoms with Gasteiger partial charge in [-0.2, -0.15) is 8.78 Å². The molecule has 0 spiro atoms. The fourth-order valence-corrected chi connectivity index (χ4v) is 2.60. The molecule has 0 saturated carbocycles. The summed E-state index contributed by atoms with van der Waals surface area (Å²) >= 11 is 0. The van der Waals surface area contributed by atoms with Crippen LogP contribution in [-0.4, -0.2) is 20.0 Å². The Morgan fingerprint density at radius 2 is 1.87 bits per heavy atom. The van der Waals surface area contributed by atoms with Crippen molar-refractivity contribution >= 4 is 15.8 Å². The van der Waals surface area contributed by atoms with Crippen LogP contribution in [0.2, 0.25) is 0 Å². The van der Waals surface area contributed by atoms with Crippen LogP contribution in [0.1, 0.15) is 18.5 Å². The van der Waals surface area contributed by atoms with Gasteiger partial charge in [0.1, 0.15) is 16.5 Å². The van der Waals surface area contributed by atoms with Gasteiger partial charge in [0.2, 0.25) is 10.0 Å². The monoisotopic (exact) mass is 343 g/mol. The van der Waals surface area contributed by atoms with Gasteiger partial charge in [0, 0.05) is 12.2 Å². The zero-order valence-corrected chi connectivity index (χ0v) is 12.9. The lowest BCUT2D eigenvalue weighted by Crippen LogP contribution is -2.17. The largest absolute Gasteiger partial charge is 0.435 e. The molecule has 1 aromatic heterocycles. The van der Waals surface area contributed by atoms with Crippen molar-refractivity contribution in [1.82, 2.24) is 4.98 Å². The van der Waals surface area contributed by atoms with E-state index in [1.807, 2.05) is 0 Å². The van der Waals surface area contributed by atoms with Gasteiger partial charge in [-0.25, -0.2) is 18.5 Å². The molecule has 2 aromatic rings. The number of sulfonamides is 1. The van der Waals surface area contributed by atoms with Crippen molar-refractivity contribution in [3.05, 3.63) is 48.2 Å². The smallest absolute Gasteiger partial charge is 0.387 e. The van der Waals surface area contributed by atoms with Crippen LogP contribution in [-0.2, 0) is 10.0 Å². The van der Waals surface area contributed by atoms with Gasteiger partial charge < -0.3 is 10.1 Å². The minimum atomic E-state index is -3.91. The third kappa shape index (κ3) is 4.60. The number of aromatic nitrogens is 1. The second kappa shape index (κ2) is 6.88. The van der Waals surface area contributed by atoms with Gasteiger partial charge in [0.15, 0.2) is 0 Å². The van der Waals surface area contributed by atoms with Crippen molar-refractivity contribution in [2.45, 2.75) is 24.5 Å². The van der Waals surface area contributed by atoms with Gasteiger partial charge in [-0.1, -0.05) is 12.1 Å². The molecule has 1 unspecified atom stereocenters. The van der Waals surface area contributed by atoms with Crippen LogP contribution >= 0.6 is 0 Å². The van der Waals surface area contributed by atoms with Crippen LogP contribution < -0.4 is 15.2 Å². The lowest BCUT2D eigenvalue weighted by molar-refractivity contribution is -0.0498. The number of nitrogens with one attached hydrogen (secondary N) is 1. The third-order valence-electron chi connectivity index (χ3n) is 3.04. The summed E-state index contributed by atoms with van der Waals surface area (Å²) in [5.74, 6) is 0.161. The summed E-state index contributed by atoms with van der Waals surface area (Å²) in [7, 11) is -3.91. The standard InChI is InChI=1S/C14H15F2N3O3S/c1-9(10-4-6-11(7-5-10)22-14(15)16)19-13-12(23(17,20)21)3-2-8-18-13/h2-9,14H,1H3,(H,18,19)(H2,17,20,21). The Morgan fingerprint density at radius 1 is 1.22 bits per heavy atom. The molecule has 6 nitrogen and oxygen atoms in total. The van der Waals surface area contributed by atoms with Crippen molar-refractivity contribution in [3.8, 4) is 5.75 Å². The second-order valence-electron chi connectivity index (χ2n) is 4.71. The maximum Gasteiger partial charge on any atom is 0.387 e. The molecule has 0 aliphatic carbocycles. The minimum absolute atomic E-state index is 0.0408. The fraction of sp³-hybridized carbons (Fsp3) is 0.214. The number of rotatable bonds is 6. The Morgan fingerprint density at radius 3 is 2.43 bits per heavy atom. The normalized spacial score (nSPS) is 12.9. The Labute approximate surface area is 132 Å². The molecule has 1 aromatic carbocycles. The Kier molecular flexibility index (Phi) is 5.12. The van der Waals surface area contributed by atoms with E-state index < -0.39 is 16.6 Å². The first-order valence-electron chi connectivity index (χ1n) is 6.56. The highest BCUT2D eigenvalue weighted by Crippen LogP contribution is 2.24. The van der Waals surface area contributed by atoms with Gasteiger partial charge in [-0.05, 0) is 36.8 Å². The Bertz CT molecular complexity index is 767. The average molecular weight is 343 g/mol. The summed E-state index contributed by atoms with van der Waals surface area (Å²) in [4.78, 5) is 3.85. The number of benzene rings is 1. The first-order chi connectivity index (χ1) is 10.8. The van der Waals surface area contributed by atoms with Crippen LogP contribution in [0.15, 0.2) is 47.5 Å². The molecule has 9 heteroatoms. The summed E-state index contributed by atoms with van der Waals surface area (Å²) in [6.07, 6.45) is 1.43. The lowest BCUT2D eigenvalue weighted by Gasteiger charge is -2.17. The number of primary sulfonamides is 1. The molecule has 1 atom stereocenters. The van der Waals surface area contributed by atoms with Crippen LogP contribution in [0.3, 0.4) is 0 Å². The Balaban J connectivity index is 2.18. The summed E-state index contributed by atoms with van der Waals surface area (Å²) in [5.41, 5.74) is 0.734. The Hall–Kier alpha value is -2.26. The number of nitrogens with two attached hydrogens (primary N) is 1. The highest BCUT2D eigenvalue weighted by molar-refractivity contribution is 7.89. The number of alkyl halides is 2. The molecular formula is C14H15F2N3O3S. The van der Waals surface area contributed by atoms with Crippen LogP contribution in [0.4, 0.5) is 14.6 Å². The van der Waals surface area contributed by atoms with Crippen LogP contribution in [0.25, 0.3) is 0 Å². The van der Waals surface area contributed by atoms with E-state index >= 15 is 0 Å².